The largest absolute Gasteiger partial charge is 0.303 e. The topological polar surface area (TPSA) is 29.4 Å². The Labute approximate surface area is 99.5 Å². The summed E-state index contributed by atoms with van der Waals surface area (Å²) in [5, 5.41) is 0. The van der Waals surface area contributed by atoms with Gasteiger partial charge in [-0.05, 0) is 38.3 Å². The van der Waals surface area contributed by atoms with Gasteiger partial charge in [0, 0.05) is 12.5 Å². The number of hydrogen-bond donors (Lipinski definition) is 0. The minimum absolute atomic E-state index is 0.325. The summed E-state index contributed by atoms with van der Waals surface area (Å²) >= 11 is 0. The molecule has 0 radical (unpaired) electrons. The molecule has 0 aromatic carbocycles. The third kappa shape index (κ3) is 6.76. The van der Waals surface area contributed by atoms with Crippen molar-refractivity contribution in [2.75, 3.05) is 6.54 Å². The van der Waals surface area contributed by atoms with Crippen molar-refractivity contribution in [1.29, 1.82) is 0 Å². The lowest BCUT2D eigenvalue weighted by atomic mass is 9.96. The van der Waals surface area contributed by atoms with Crippen LogP contribution in [0.2, 0.25) is 0 Å². The highest BCUT2D eigenvalue weighted by molar-refractivity contribution is 5.56. The first-order chi connectivity index (χ1) is 7.93. The van der Waals surface area contributed by atoms with Crippen molar-refractivity contribution in [3.63, 3.8) is 0 Å². The lowest BCUT2D eigenvalue weighted by Gasteiger charge is -2.10. The normalized spacial score (nSPS) is 25.9. The highest BCUT2D eigenvalue weighted by Gasteiger charge is 2.06. The van der Waals surface area contributed by atoms with Crippen LogP contribution in [-0.2, 0) is 4.79 Å². The Bertz CT molecular complexity index is 201. The van der Waals surface area contributed by atoms with Crippen molar-refractivity contribution in [2.45, 2.75) is 64.2 Å². The average molecular weight is 223 g/mol. The molecular formula is C14H25NO. The Balaban J connectivity index is 2.25. The minimum atomic E-state index is 0.325. The maximum atomic E-state index is 10.9. The molecule has 1 heterocycles. The van der Waals surface area contributed by atoms with E-state index in [0.29, 0.717) is 5.92 Å². The van der Waals surface area contributed by atoms with Crippen LogP contribution in [0.25, 0.3) is 0 Å². The molecule has 0 saturated carbocycles. The van der Waals surface area contributed by atoms with Gasteiger partial charge in [-0.15, -0.1) is 0 Å². The summed E-state index contributed by atoms with van der Waals surface area (Å²) in [5.41, 5.74) is 0. The highest BCUT2D eigenvalue weighted by atomic mass is 16.1. The predicted octanol–water partition coefficient (Wildman–Crippen LogP) is 3.79. The number of rotatable bonds is 1. The fourth-order valence-electron chi connectivity index (χ4n) is 2.25. The molecule has 16 heavy (non-hydrogen) atoms. The molecule has 0 saturated heterocycles. The zero-order chi connectivity index (χ0) is 11.5. The van der Waals surface area contributed by atoms with Crippen LogP contribution < -0.4 is 0 Å². The van der Waals surface area contributed by atoms with Crippen LogP contribution in [0.15, 0.2) is 4.99 Å². The van der Waals surface area contributed by atoms with E-state index in [-0.39, 0.29) is 0 Å². The first kappa shape index (κ1) is 13.4. The van der Waals surface area contributed by atoms with Crippen LogP contribution >= 0.6 is 0 Å². The molecule has 2 heteroatoms. The van der Waals surface area contributed by atoms with Crippen molar-refractivity contribution in [1.82, 2.24) is 0 Å². The zero-order valence-electron chi connectivity index (χ0n) is 10.4. The quantitative estimate of drug-likeness (QED) is 0.622. The number of hydrogen-bond acceptors (Lipinski definition) is 2. The smallest absolute Gasteiger partial charge is 0.123 e. The van der Waals surface area contributed by atoms with Gasteiger partial charge in [0.15, 0.2) is 0 Å². The van der Waals surface area contributed by atoms with E-state index in [4.69, 9.17) is 0 Å². The van der Waals surface area contributed by atoms with E-state index in [2.05, 4.69) is 11.2 Å². The molecule has 1 atom stereocenters. The Kier molecular flexibility index (Phi) is 8.01. The van der Waals surface area contributed by atoms with Crippen molar-refractivity contribution in [3.05, 3.63) is 0 Å². The third-order valence-electron chi connectivity index (χ3n) is 3.34. The standard InChI is InChI=1S/C14H25NO/c16-13-14-9-5-2-1-3-7-11-15-12-8-4-6-10-14/h11,13-14H,1-10,12H2. The van der Waals surface area contributed by atoms with Gasteiger partial charge in [-0.25, -0.2) is 0 Å². The molecule has 92 valence electrons. The maximum Gasteiger partial charge on any atom is 0.123 e. The summed E-state index contributed by atoms with van der Waals surface area (Å²) in [6, 6.07) is 0. The second kappa shape index (κ2) is 9.56. The summed E-state index contributed by atoms with van der Waals surface area (Å²) in [6.45, 7) is 0.978. The van der Waals surface area contributed by atoms with Crippen LogP contribution in [0, 0.1) is 5.92 Å². The van der Waals surface area contributed by atoms with Crippen LogP contribution in [0.5, 0.6) is 0 Å². The summed E-state index contributed by atoms with van der Waals surface area (Å²) in [4.78, 5) is 15.3. The van der Waals surface area contributed by atoms with Crippen molar-refractivity contribution in [2.24, 2.45) is 10.9 Å². The summed E-state index contributed by atoms with van der Waals surface area (Å²) in [7, 11) is 0. The maximum absolute atomic E-state index is 10.9. The Hall–Kier alpha value is -0.660. The lowest BCUT2D eigenvalue weighted by molar-refractivity contribution is -0.111. The average Bonchev–Trinajstić information content (AvgIpc) is 2.32. The zero-order valence-corrected chi connectivity index (χ0v) is 10.4. The number of carbonyl (C=O) groups is 1. The minimum Gasteiger partial charge on any atom is -0.303 e. The van der Waals surface area contributed by atoms with E-state index in [1.807, 2.05) is 0 Å². The second-order valence-electron chi connectivity index (χ2n) is 4.83. The monoisotopic (exact) mass is 223 g/mol. The molecule has 0 aromatic rings. The van der Waals surface area contributed by atoms with Crippen LogP contribution in [-0.4, -0.2) is 19.0 Å². The molecule has 0 spiro atoms. The van der Waals surface area contributed by atoms with E-state index in [1.54, 1.807) is 0 Å². The van der Waals surface area contributed by atoms with E-state index >= 15 is 0 Å². The van der Waals surface area contributed by atoms with Gasteiger partial charge in [-0.1, -0.05) is 32.1 Å². The molecule has 1 unspecified atom stereocenters. The molecule has 2 nitrogen and oxygen atoms in total. The van der Waals surface area contributed by atoms with Gasteiger partial charge in [0.25, 0.3) is 0 Å². The van der Waals surface area contributed by atoms with Gasteiger partial charge in [-0.2, -0.15) is 0 Å². The number of nitrogens with zero attached hydrogens (tertiary/aromatic N) is 1. The van der Waals surface area contributed by atoms with E-state index in [0.717, 1.165) is 25.8 Å². The molecule has 0 bridgehead atoms. The first-order valence-corrected chi connectivity index (χ1v) is 6.87. The fraction of sp³-hybridized carbons (Fsp3) is 0.857. The highest BCUT2D eigenvalue weighted by Crippen LogP contribution is 2.16. The van der Waals surface area contributed by atoms with E-state index < -0.39 is 0 Å². The van der Waals surface area contributed by atoms with Gasteiger partial charge >= 0.3 is 0 Å². The second-order valence-corrected chi connectivity index (χ2v) is 4.83. The Morgan fingerprint density at radius 2 is 1.62 bits per heavy atom. The molecule has 1 rings (SSSR count). The molecule has 1 aliphatic heterocycles. The molecular weight excluding hydrogens is 198 g/mol. The first-order valence-electron chi connectivity index (χ1n) is 6.87. The summed E-state index contributed by atoms with van der Waals surface area (Å²) in [6.07, 6.45) is 15.3. The lowest BCUT2D eigenvalue weighted by Crippen LogP contribution is -2.02. The molecule has 1 aliphatic rings. The Morgan fingerprint density at radius 3 is 2.38 bits per heavy atom. The van der Waals surface area contributed by atoms with Crippen LogP contribution in [0.1, 0.15) is 64.2 Å². The predicted molar refractivity (Wildman–Crippen MR) is 69.1 cm³/mol. The number of aldehydes is 1. The Morgan fingerprint density at radius 1 is 0.938 bits per heavy atom. The van der Waals surface area contributed by atoms with Gasteiger partial charge < -0.3 is 4.79 Å². The van der Waals surface area contributed by atoms with Gasteiger partial charge in [0.1, 0.15) is 6.29 Å². The van der Waals surface area contributed by atoms with Crippen LogP contribution in [0.3, 0.4) is 0 Å². The van der Waals surface area contributed by atoms with Gasteiger partial charge in [0.05, 0.1) is 0 Å². The molecule has 0 amide bonds. The fourth-order valence-corrected chi connectivity index (χ4v) is 2.25. The summed E-state index contributed by atoms with van der Waals surface area (Å²) < 4.78 is 0. The number of aliphatic imine (C=N–C) groups is 1. The van der Waals surface area contributed by atoms with Gasteiger partial charge in [0.2, 0.25) is 0 Å². The number of carbonyl (C=O) groups excluding carboxylic acids is 1. The molecule has 0 aliphatic carbocycles. The van der Waals surface area contributed by atoms with E-state index in [1.165, 1.54) is 51.2 Å². The SMILES string of the molecule is O=CC1CCCCCCC=NCCCCC1. The van der Waals surface area contributed by atoms with Gasteiger partial charge in [-0.3, -0.25) is 4.99 Å². The van der Waals surface area contributed by atoms with Crippen molar-refractivity contribution in [3.8, 4) is 0 Å². The van der Waals surface area contributed by atoms with Crippen LogP contribution in [0.4, 0.5) is 0 Å². The van der Waals surface area contributed by atoms with Crippen molar-refractivity contribution >= 4 is 12.5 Å². The molecule has 0 fully saturated rings. The molecule has 0 N–H and O–H groups in total. The van der Waals surface area contributed by atoms with Crippen molar-refractivity contribution < 1.29 is 4.79 Å². The third-order valence-corrected chi connectivity index (χ3v) is 3.34. The van der Waals surface area contributed by atoms with E-state index in [9.17, 15) is 4.79 Å². The molecule has 0 aromatic heterocycles. The summed E-state index contributed by atoms with van der Waals surface area (Å²) in [5.74, 6) is 0.325.